The van der Waals surface area contributed by atoms with Crippen LogP contribution in [0.2, 0.25) is 0 Å². The van der Waals surface area contributed by atoms with Gasteiger partial charge in [-0.3, -0.25) is 9.59 Å². The number of aliphatic hydroxyl groups is 1. The summed E-state index contributed by atoms with van der Waals surface area (Å²) in [5, 5.41) is 15.6. The zero-order chi connectivity index (χ0) is 25.6. The van der Waals surface area contributed by atoms with Crippen LogP contribution in [0.15, 0.2) is 65.3 Å². The van der Waals surface area contributed by atoms with Crippen LogP contribution in [-0.2, 0) is 19.1 Å². The van der Waals surface area contributed by atoms with Gasteiger partial charge in [-0.1, -0.05) is 37.3 Å². The van der Waals surface area contributed by atoms with E-state index in [-0.39, 0.29) is 24.7 Å². The van der Waals surface area contributed by atoms with E-state index in [1.54, 1.807) is 39.0 Å². The van der Waals surface area contributed by atoms with E-state index < -0.39 is 23.5 Å². The number of anilines is 1. The molecular formula is C27H30N2O6. The zero-order valence-corrected chi connectivity index (χ0v) is 20.4. The molecule has 8 heteroatoms. The third kappa shape index (κ3) is 6.42. The van der Waals surface area contributed by atoms with Gasteiger partial charge in [0.1, 0.15) is 19.3 Å². The molecule has 0 radical (unpaired) electrons. The molecule has 1 N–H and O–H groups in total. The van der Waals surface area contributed by atoms with Crippen molar-refractivity contribution in [1.82, 2.24) is 0 Å². The number of hydrogen-bond donors (Lipinski definition) is 1. The Balaban J connectivity index is 1.56. The Morgan fingerprint density at radius 1 is 1.06 bits per heavy atom. The first-order valence-electron chi connectivity index (χ1n) is 11.4. The second-order valence-corrected chi connectivity index (χ2v) is 8.91. The maximum atomic E-state index is 12.9. The molecule has 8 nitrogen and oxygen atoms in total. The first kappa shape index (κ1) is 25.8. The van der Waals surface area contributed by atoms with Gasteiger partial charge in [-0.2, -0.15) is 10.1 Å². The summed E-state index contributed by atoms with van der Waals surface area (Å²) in [5.41, 5.74) is 2.10. The molecule has 35 heavy (non-hydrogen) atoms. The minimum absolute atomic E-state index is 0.248. The summed E-state index contributed by atoms with van der Waals surface area (Å²) < 4.78 is 10.2. The average molecular weight is 479 g/mol. The third-order valence-electron chi connectivity index (χ3n) is 5.77. The molecule has 0 saturated carbocycles. The van der Waals surface area contributed by atoms with Crippen LogP contribution in [0, 0.1) is 5.41 Å². The molecule has 2 aromatic rings. The Labute approximate surface area is 204 Å². The van der Waals surface area contributed by atoms with E-state index >= 15 is 0 Å². The second-order valence-electron chi connectivity index (χ2n) is 8.91. The van der Waals surface area contributed by atoms with Gasteiger partial charge in [0.25, 0.3) is 5.91 Å². The summed E-state index contributed by atoms with van der Waals surface area (Å²) >= 11 is 0. The number of benzene rings is 2. The van der Waals surface area contributed by atoms with Crippen LogP contribution in [0.25, 0.3) is 6.08 Å². The van der Waals surface area contributed by atoms with Crippen molar-refractivity contribution in [2.24, 2.45) is 10.5 Å². The van der Waals surface area contributed by atoms with Crippen molar-refractivity contribution >= 4 is 35.3 Å². The minimum Gasteiger partial charge on any atom is -0.462 e. The molecule has 0 aromatic heterocycles. The van der Waals surface area contributed by atoms with E-state index in [1.165, 1.54) is 17.1 Å². The van der Waals surface area contributed by atoms with E-state index in [0.717, 1.165) is 5.56 Å². The van der Waals surface area contributed by atoms with Crippen LogP contribution in [0.3, 0.4) is 0 Å². The van der Waals surface area contributed by atoms with Gasteiger partial charge in [0.05, 0.1) is 28.0 Å². The van der Waals surface area contributed by atoms with Gasteiger partial charge in [0.15, 0.2) is 0 Å². The molecule has 1 heterocycles. The molecule has 0 saturated heterocycles. The highest BCUT2D eigenvalue weighted by Crippen LogP contribution is 2.25. The summed E-state index contributed by atoms with van der Waals surface area (Å²) in [6, 6.07) is 15.7. The van der Waals surface area contributed by atoms with Gasteiger partial charge in [-0.15, -0.1) is 0 Å². The number of amides is 1. The molecule has 2 aromatic carbocycles. The lowest BCUT2D eigenvalue weighted by Crippen LogP contribution is -2.31. The van der Waals surface area contributed by atoms with Crippen LogP contribution in [-0.4, -0.2) is 48.0 Å². The fourth-order valence-corrected chi connectivity index (χ4v) is 3.13. The van der Waals surface area contributed by atoms with E-state index in [0.29, 0.717) is 23.4 Å². The fourth-order valence-electron chi connectivity index (χ4n) is 3.13. The summed E-state index contributed by atoms with van der Waals surface area (Å²) in [6.07, 6.45) is 1.26. The summed E-state index contributed by atoms with van der Waals surface area (Å²) in [4.78, 5) is 37.2. The van der Waals surface area contributed by atoms with Crippen molar-refractivity contribution < 1.29 is 29.0 Å². The SMILES string of the molecule is CCC(C)(C)C(=O)OCC(O)COC(=O)c1ccc(N2N=C(C)/C(=C/c3ccccc3)C2=O)cc1. The molecule has 1 aliphatic rings. The molecule has 0 spiro atoms. The summed E-state index contributed by atoms with van der Waals surface area (Å²) in [5.74, 6) is -1.32. The molecule has 1 atom stereocenters. The molecule has 0 fully saturated rings. The van der Waals surface area contributed by atoms with Crippen LogP contribution in [0.1, 0.15) is 50.0 Å². The maximum absolute atomic E-state index is 12.9. The first-order valence-corrected chi connectivity index (χ1v) is 11.4. The number of hydrazone groups is 1. The van der Waals surface area contributed by atoms with Crippen molar-refractivity contribution in [3.8, 4) is 0 Å². The lowest BCUT2D eigenvalue weighted by atomic mass is 9.91. The topological polar surface area (TPSA) is 106 Å². The normalized spacial score (nSPS) is 15.7. The van der Waals surface area contributed by atoms with Gasteiger partial charge in [-0.05, 0) is 63.1 Å². The van der Waals surface area contributed by atoms with E-state index in [1.807, 2.05) is 37.3 Å². The Morgan fingerprint density at radius 2 is 1.69 bits per heavy atom. The van der Waals surface area contributed by atoms with Gasteiger partial charge in [0.2, 0.25) is 0 Å². The Kier molecular flexibility index (Phi) is 8.19. The Hall–Kier alpha value is -3.78. The van der Waals surface area contributed by atoms with E-state index in [4.69, 9.17) is 9.47 Å². The molecule has 184 valence electrons. The Bertz CT molecular complexity index is 1140. The van der Waals surface area contributed by atoms with Crippen LogP contribution in [0.4, 0.5) is 5.69 Å². The van der Waals surface area contributed by atoms with Crippen molar-refractivity contribution in [2.75, 3.05) is 18.2 Å². The molecule has 1 amide bonds. The monoisotopic (exact) mass is 478 g/mol. The smallest absolute Gasteiger partial charge is 0.338 e. The largest absolute Gasteiger partial charge is 0.462 e. The second kappa shape index (κ2) is 11.1. The Morgan fingerprint density at radius 3 is 2.31 bits per heavy atom. The number of esters is 2. The van der Waals surface area contributed by atoms with Gasteiger partial charge in [-0.25, -0.2) is 4.79 Å². The average Bonchev–Trinajstić information content (AvgIpc) is 3.14. The number of ether oxygens (including phenoxy) is 2. The highest BCUT2D eigenvalue weighted by molar-refractivity contribution is 6.32. The summed E-state index contributed by atoms with van der Waals surface area (Å²) in [6.45, 7) is 6.58. The van der Waals surface area contributed by atoms with Crippen molar-refractivity contribution in [3.63, 3.8) is 0 Å². The van der Waals surface area contributed by atoms with Crippen molar-refractivity contribution in [2.45, 2.75) is 40.2 Å². The van der Waals surface area contributed by atoms with E-state index in [2.05, 4.69) is 5.10 Å². The van der Waals surface area contributed by atoms with Crippen molar-refractivity contribution in [1.29, 1.82) is 0 Å². The predicted octanol–water partition coefficient (Wildman–Crippen LogP) is 3.99. The molecule has 3 rings (SSSR count). The summed E-state index contributed by atoms with van der Waals surface area (Å²) in [7, 11) is 0. The predicted molar refractivity (Wildman–Crippen MR) is 133 cm³/mol. The van der Waals surface area contributed by atoms with Crippen LogP contribution in [0.5, 0.6) is 0 Å². The highest BCUT2D eigenvalue weighted by atomic mass is 16.6. The quantitative estimate of drug-likeness (QED) is 0.432. The van der Waals surface area contributed by atoms with Crippen LogP contribution >= 0.6 is 0 Å². The molecular weight excluding hydrogens is 448 g/mol. The van der Waals surface area contributed by atoms with Gasteiger partial charge < -0.3 is 14.6 Å². The van der Waals surface area contributed by atoms with Gasteiger partial charge in [0, 0.05) is 0 Å². The highest BCUT2D eigenvalue weighted by Gasteiger charge is 2.29. The molecule has 0 bridgehead atoms. The molecule has 1 aliphatic heterocycles. The van der Waals surface area contributed by atoms with Crippen molar-refractivity contribution in [3.05, 3.63) is 71.3 Å². The first-order chi connectivity index (χ1) is 16.6. The number of nitrogens with zero attached hydrogens (tertiary/aromatic N) is 2. The maximum Gasteiger partial charge on any atom is 0.338 e. The lowest BCUT2D eigenvalue weighted by Gasteiger charge is -2.21. The lowest BCUT2D eigenvalue weighted by molar-refractivity contribution is -0.157. The minimum atomic E-state index is -1.14. The number of carbonyl (C=O) groups excluding carboxylic acids is 3. The van der Waals surface area contributed by atoms with E-state index in [9.17, 15) is 19.5 Å². The zero-order valence-electron chi connectivity index (χ0n) is 20.4. The standard InChI is InChI=1S/C27H30N2O6/c1-5-27(3,4)26(33)35-17-22(30)16-34-25(32)20-11-13-21(14-12-20)29-24(31)23(18(2)28-29)15-19-9-7-6-8-10-19/h6-15,22,30H,5,16-17H2,1-4H3/b23-15-. The van der Waals surface area contributed by atoms with Gasteiger partial charge >= 0.3 is 11.9 Å². The fraction of sp³-hybridized carbons (Fsp3) is 0.333. The number of aliphatic hydroxyl groups excluding tert-OH is 1. The number of rotatable bonds is 9. The third-order valence-corrected chi connectivity index (χ3v) is 5.77. The number of carbonyl (C=O) groups is 3. The molecule has 0 aliphatic carbocycles. The number of hydrogen-bond acceptors (Lipinski definition) is 7. The molecule has 1 unspecified atom stereocenters. The van der Waals surface area contributed by atoms with Crippen LogP contribution < -0.4 is 5.01 Å².